The molecule has 0 aromatic heterocycles. The first kappa shape index (κ1) is 12.4. The fraction of sp³-hybridized carbons (Fsp3) is 0.900. The third kappa shape index (κ3) is 5.06. The van der Waals surface area contributed by atoms with Crippen molar-refractivity contribution in [2.45, 2.75) is 32.1 Å². The molecule has 0 aromatic rings. The largest absolute Gasteiger partial charge is 0.481 e. The van der Waals surface area contributed by atoms with E-state index in [0.29, 0.717) is 13.1 Å². The van der Waals surface area contributed by atoms with Crippen molar-refractivity contribution >= 4 is 5.97 Å². The molecular weight excluding hydrogens is 204 g/mol. The minimum atomic E-state index is -2.33. The van der Waals surface area contributed by atoms with E-state index in [2.05, 4.69) is 0 Å². The van der Waals surface area contributed by atoms with Gasteiger partial charge in [0.2, 0.25) is 0 Å². The highest BCUT2D eigenvalue weighted by molar-refractivity contribution is 5.67. The predicted molar refractivity (Wildman–Crippen MR) is 52.0 cm³/mol. The second kappa shape index (κ2) is 6.00. The van der Waals surface area contributed by atoms with Gasteiger partial charge in [0.25, 0.3) is 6.43 Å². The molecule has 1 heterocycles. The summed E-state index contributed by atoms with van der Waals surface area (Å²) >= 11 is 0. The lowest BCUT2D eigenvalue weighted by Gasteiger charge is -2.22. The van der Waals surface area contributed by atoms with Gasteiger partial charge in [-0.1, -0.05) is 6.42 Å². The summed E-state index contributed by atoms with van der Waals surface area (Å²) in [5.41, 5.74) is 0. The SMILES string of the molecule is O=C(O)CC1CCCCN(CC(F)F)C1. The zero-order chi connectivity index (χ0) is 11.3. The summed E-state index contributed by atoms with van der Waals surface area (Å²) < 4.78 is 24.4. The molecule has 1 fully saturated rings. The molecule has 0 aliphatic carbocycles. The number of alkyl halides is 2. The molecule has 88 valence electrons. The van der Waals surface area contributed by atoms with Gasteiger partial charge in [0.05, 0.1) is 6.54 Å². The summed E-state index contributed by atoms with van der Waals surface area (Å²) in [7, 11) is 0. The van der Waals surface area contributed by atoms with Crippen molar-refractivity contribution in [2.24, 2.45) is 5.92 Å². The van der Waals surface area contributed by atoms with E-state index in [9.17, 15) is 13.6 Å². The number of rotatable bonds is 4. The van der Waals surface area contributed by atoms with Crippen LogP contribution >= 0.6 is 0 Å². The lowest BCUT2D eigenvalue weighted by atomic mass is 10.00. The second-order valence-corrected chi connectivity index (χ2v) is 4.11. The molecule has 5 heteroatoms. The van der Waals surface area contributed by atoms with Crippen LogP contribution in [0.4, 0.5) is 8.78 Å². The molecule has 1 aliphatic heterocycles. The Balaban J connectivity index is 2.41. The summed E-state index contributed by atoms with van der Waals surface area (Å²) in [4.78, 5) is 12.2. The van der Waals surface area contributed by atoms with Crippen molar-refractivity contribution < 1.29 is 18.7 Å². The topological polar surface area (TPSA) is 40.5 Å². The Morgan fingerprint density at radius 2 is 2.20 bits per heavy atom. The van der Waals surface area contributed by atoms with Gasteiger partial charge >= 0.3 is 5.97 Å². The highest BCUT2D eigenvalue weighted by atomic mass is 19.3. The zero-order valence-corrected chi connectivity index (χ0v) is 8.66. The van der Waals surface area contributed by atoms with Crippen LogP contribution in [0.15, 0.2) is 0 Å². The number of halogens is 2. The van der Waals surface area contributed by atoms with Gasteiger partial charge < -0.3 is 5.11 Å². The highest BCUT2D eigenvalue weighted by Crippen LogP contribution is 2.19. The van der Waals surface area contributed by atoms with Crippen LogP contribution in [0.25, 0.3) is 0 Å². The van der Waals surface area contributed by atoms with E-state index in [-0.39, 0.29) is 18.9 Å². The number of likely N-dealkylation sites (tertiary alicyclic amines) is 1. The van der Waals surface area contributed by atoms with Crippen LogP contribution in [-0.4, -0.2) is 42.0 Å². The van der Waals surface area contributed by atoms with Gasteiger partial charge in [0.15, 0.2) is 0 Å². The maximum Gasteiger partial charge on any atom is 0.303 e. The van der Waals surface area contributed by atoms with Crippen LogP contribution in [-0.2, 0) is 4.79 Å². The molecular formula is C10H17F2NO2. The van der Waals surface area contributed by atoms with Gasteiger partial charge in [-0.15, -0.1) is 0 Å². The molecule has 1 aliphatic rings. The van der Waals surface area contributed by atoms with Crippen LogP contribution in [0.2, 0.25) is 0 Å². The number of carbonyl (C=O) groups is 1. The van der Waals surface area contributed by atoms with Crippen molar-refractivity contribution in [2.75, 3.05) is 19.6 Å². The predicted octanol–water partition coefficient (Wildman–Crippen LogP) is 1.83. The van der Waals surface area contributed by atoms with Gasteiger partial charge in [-0.3, -0.25) is 9.69 Å². The summed E-state index contributed by atoms with van der Waals surface area (Å²) in [6.45, 7) is 0.938. The van der Waals surface area contributed by atoms with Crippen LogP contribution in [0.3, 0.4) is 0 Å². The molecule has 0 spiro atoms. The number of nitrogens with zero attached hydrogens (tertiary/aromatic N) is 1. The van der Waals surface area contributed by atoms with Crippen LogP contribution < -0.4 is 0 Å². The van der Waals surface area contributed by atoms with Crippen molar-refractivity contribution in [3.05, 3.63) is 0 Å². The molecule has 0 amide bonds. The first-order valence-electron chi connectivity index (χ1n) is 5.30. The third-order valence-electron chi connectivity index (χ3n) is 2.71. The van der Waals surface area contributed by atoms with Crippen LogP contribution in [0.5, 0.6) is 0 Å². The average Bonchev–Trinajstić information content (AvgIpc) is 2.28. The molecule has 1 saturated heterocycles. The molecule has 1 N–H and O–H groups in total. The summed E-state index contributed by atoms with van der Waals surface area (Å²) in [6.07, 6.45) is 0.445. The van der Waals surface area contributed by atoms with Gasteiger partial charge in [-0.2, -0.15) is 0 Å². The summed E-state index contributed by atoms with van der Waals surface area (Å²) in [5, 5.41) is 8.66. The van der Waals surface area contributed by atoms with E-state index >= 15 is 0 Å². The molecule has 1 atom stereocenters. The van der Waals surface area contributed by atoms with Crippen molar-refractivity contribution in [1.29, 1.82) is 0 Å². The monoisotopic (exact) mass is 221 g/mol. The molecule has 0 radical (unpaired) electrons. The van der Waals surface area contributed by atoms with Crippen molar-refractivity contribution in [3.63, 3.8) is 0 Å². The molecule has 0 aromatic carbocycles. The van der Waals surface area contributed by atoms with E-state index in [0.717, 1.165) is 19.3 Å². The zero-order valence-electron chi connectivity index (χ0n) is 8.66. The number of carboxylic acid groups (broad SMARTS) is 1. The standard InChI is InChI=1S/C10H17F2NO2/c11-9(12)7-13-4-2-1-3-8(6-13)5-10(14)15/h8-9H,1-7H2,(H,14,15). The highest BCUT2D eigenvalue weighted by Gasteiger charge is 2.22. The Hall–Kier alpha value is -0.710. The van der Waals surface area contributed by atoms with Crippen LogP contribution in [0, 0.1) is 5.92 Å². The minimum Gasteiger partial charge on any atom is -0.481 e. The normalized spacial score (nSPS) is 24.1. The van der Waals surface area contributed by atoms with Crippen molar-refractivity contribution in [3.8, 4) is 0 Å². The van der Waals surface area contributed by atoms with Gasteiger partial charge in [0.1, 0.15) is 0 Å². The third-order valence-corrected chi connectivity index (χ3v) is 2.71. The summed E-state index contributed by atoms with van der Waals surface area (Å²) in [6, 6.07) is 0. The molecule has 1 unspecified atom stereocenters. The second-order valence-electron chi connectivity index (χ2n) is 4.11. The van der Waals surface area contributed by atoms with Gasteiger partial charge in [-0.25, -0.2) is 8.78 Å². The Morgan fingerprint density at radius 3 is 2.80 bits per heavy atom. The van der Waals surface area contributed by atoms with E-state index in [4.69, 9.17) is 5.11 Å². The molecule has 15 heavy (non-hydrogen) atoms. The Morgan fingerprint density at radius 1 is 1.47 bits per heavy atom. The Kier molecular flexibility index (Phi) is 4.94. The molecule has 0 saturated carbocycles. The van der Waals surface area contributed by atoms with E-state index < -0.39 is 12.4 Å². The van der Waals surface area contributed by atoms with E-state index in [1.54, 1.807) is 4.90 Å². The fourth-order valence-electron chi connectivity index (χ4n) is 2.09. The summed E-state index contributed by atoms with van der Waals surface area (Å²) in [5.74, 6) is -0.803. The first-order valence-corrected chi connectivity index (χ1v) is 5.30. The van der Waals surface area contributed by atoms with Gasteiger partial charge in [-0.05, 0) is 25.3 Å². The number of hydrogen-bond acceptors (Lipinski definition) is 2. The van der Waals surface area contributed by atoms with Crippen LogP contribution in [0.1, 0.15) is 25.7 Å². The molecule has 3 nitrogen and oxygen atoms in total. The Labute approximate surface area is 88.1 Å². The first-order chi connectivity index (χ1) is 7.08. The number of hydrogen-bond donors (Lipinski definition) is 1. The van der Waals surface area contributed by atoms with E-state index in [1.165, 1.54) is 0 Å². The minimum absolute atomic E-state index is 0.0312. The molecule has 0 bridgehead atoms. The molecule has 1 rings (SSSR count). The number of aliphatic carboxylic acids is 1. The maximum atomic E-state index is 12.2. The van der Waals surface area contributed by atoms with Gasteiger partial charge in [0, 0.05) is 13.0 Å². The lowest BCUT2D eigenvalue weighted by Crippen LogP contribution is -2.33. The Bertz CT molecular complexity index is 212. The number of carboxylic acids is 1. The maximum absolute atomic E-state index is 12.2. The fourth-order valence-corrected chi connectivity index (χ4v) is 2.09. The quantitative estimate of drug-likeness (QED) is 0.787. The average molecular weight is 221 g/mol. The smallest absolute Gasteiger partial charge is 0.303 e. The van der Waals surface area contributed by atoms with Crippen molar-refractivity contribution in [1.82, 2.24) is 4.90 Å². The van der Waals surface area contributed by atoms with E-state index in [1.807, 2.05) is 0 Å². The lowest BCUT2D eigenvalue weighted by molar-refractivity contribution is -0.138.